The molecular formula is C14H8ClNO2. The van der Waals surface area contributed by atoms with E-state index in [-0.39, 0.29) is 11.1 Å². The van der Waals surface area contributed by atoms with Gasteiger partial charge in [-0.15, -0.1) is 0 Å². The summed E-state index contributed by atoms with van der Waals surface area (Å²) >= 11 is 6.06. The van der Waals surface area contributed by atoms with Crippen LogP contribution in [0.1, 0.15) is 15.9 Å². The monoisotopic (exact) mass is 257 g/mol. The van der Waals surface area contributed by atoms with E-state index in [1.54, 1.807) is 12.1 Å². The highest BCUT2D eigenvalue weighted by Crippen LogP contribution is 2.28. The molecule has 3 nitrogen and oxygen atoms in total. The maximum atomic E-state index is 10.9. The Balaban J connectivity index is 2.59. The molecule has 0 aromatic heterocycles. The van der Waals surface area contributed by atoms with Gasteiger partial charge in [-0.25, -0.2) is 4.79 Å². The Morgan fingerprint density at radius 1 is 1.22 bits per heavy atom. The number of carbonyl (C=O) groups is 1. The molecule has 0 saturated carbocycles. The molecule has 2 aromatic carbocycles. The smallest absolute Gasteiger partial charge is 0.337 e. The molecule has 0 unspecified atom stereocenters. The first-order valence-electron chi connectivity index (χ1n) is 5.16. The summed E-state index contributed by atoms with van der Waals surface area (Å²) in [4.78, 5) is 10.9. The lowest BCUT2D eigenvalue weighted by molar-refractivity contribution is 0.0696. The third-order valence-electron chi connectivity index (χ3n) is 2.56. The van der Waals surface area contributed by atoms with E-state index in [1.807, 2.05) is 24.3 Å². The third kappa shape index (κ3) is 2.20. The molecule has 18 heavy (non-hydrogen) atoms. The molecule has 2 aromatic rings. The van der Waals surface area contributed by atoms with Gasteiger partial charge in [0, 0.05) is 10.6 Å². The quantitative estimate of drug-likeness (QED) is 0.894. The van der Waals surface area contributed by atoms with Crippen molar-refractivity contribution in [3.63, 3.8) is 0 Å². The summed E-state index contributed by atoms with van der Waals surface area (Å²) in [6.45, 7) is 0. The lowest BCUT2D eigenvalue weighted by Crippen LogP contribution is -2.00. The molecule has 0 spiro atoms. The van der Waals surface area contributed by atoms with E-state index < -0.39 is 5.97 Å². The Morgan fingerprint density at radius 3 is 2.56 bits per heavy atom. The Bertz CT molecular complexity index is 659. The van der Waals surface area contributed by atoms with Crippen LogP contribution in [0.25, 0.3) is 11.1 Å². The van der Waals surface area contributed by atoms with E-state index in [0.29, 0.717) is 5.02 Å². The van der Waals surface area contributed by atoms with Gasteiger partial charge in [0.2, 0.25) is 0 Å². The SMILES string of the molecule is N#Cc1cc(-c2ccccc2Cl)ccc1C(=O)O. The van der Waals surface area contributed by atoms with Gasteiger partial charge in [-0.05, 0) is 23.8 Å². The summed E-state index contributed by atoms with van der Waals surface area (Å²) < 4.78 is 0. The van der Waals surface area contributed by atoms with Crippen LogP contribution in [0.5, 0.6) is 0 Å². The third-order valence-corrected chi connectivity index (χ3v) is 2.88. The van der Waals surface area contributed by atoms with Gasteiger partial charge in [-0.2, -0.15) is 5.26 Å². The second-order valence-electron chi connectivity index (χ2n) is 3.66. The summed E-state index contributed by atoms with van der Waals surface area (Å²) in [5, 5.41) is 18.5. The summed E-state index contributed by atoms with van der Waals surface area (Å²) in [6, 6.07) is 13.7. The van der Waals surface area contributed by atoms with E-state index in [9.17, 15) is 4.79 Å². The minimum Gasteiger partial charge on any atom is -0.478 e. The average molecular weight is 258 g/mol. The van der Waals surface area contributed by atoms with Crippen LogP contribution < -0.4 is 0 Å². The molecule has 0 amide bonds. The van der Waals surface area contributed by atoms with Gasteiger partial charge >= 0.3 is 5.97 Å². The largest absolute Gasteiger partial charge is 0.478 e. The average Bonchev–Trinajstić information content (AvgIpc) is 2.38. The number of halogens is 1. The number of carboxylic acids is 1. The predicted molar refractivity (Wildman–Crippen MR) is 68.6 cm³/mol. The number of carboxylic acid groups (broad SMARTS) is 1. The minimum atomic E-state index is -1.11. The van der Waals surface area contributed by atoms with Crippen molar-refractivity contribution in [1.29, 1.82) is 5.26 Å². The van der Waals surface area contributed by atoms with Gasteiger partial charge in [-0.3, -0.25) is 0 Å². The Hall–Kier alpha value is -2.31. The first kappa shape index (κ1) is 12.2. The van der Waals surface area contributed by atoms with Gasteiger partial charge in [0.15, 0.2) is 0 Å². The fourth-order valence-electron chi connectivity index (χ4n) is 1.69. The lowest BCUT2D eigenvalue weighted by Gasteiger charge is -2.06. The molecule has 88 valence electrons. The van der Waals surface area contributed by atoms with Gasteiger partial charge in [-0.1, -0.05) is 35.9 Å². The van der Waals surface area contributed by atoms with Crippen molar-refractivity contribution < 1.29 is 9.90 Å². The van der Waals surface area contributed by atoms with E-state index in [4.69, 9.17) is 22.0 Å². The van der Waals surface area contributed by atoms with Crippen LogP contribution in [0.3, 0.4) is 0 Å². The van der Waals surface area contributed by atoms with Crippen LogP contribution in [0.4, 0.5) is 0 Å². The minimum absolute atomic E-state index is 0.00620. The van der Waals surface area contributed by atoms with E-state index in [0.717, 1.165) is 11.1 Å². The lowest BCUT2D eigenvalue weighted by atomic mass is 10.00. The van der Waals surface area contributed by atoms with Crippen molar-refractivity contribution in [3.8, 4) is 17.2 Å². The van der Waals surface area contributed by atoms with Crippen molar-refractivity contribution in [3.05, 3.63) is 58.6 Å². The van der Waals surface area contributed by atoms with Crippen molar-refractivity contribution in [2.45, 2.75) is 0 Å². The normalized spacial score (nSPS) is 9.78. The maximum Gasteiger partial charge on any atom is 0.337 e. The van der Waals surface area contributed by atoms with Crippen LogP contribution in [-0.4, -0.2) is 11.1 Å². The molecule has 1 N–H and O–H groups in total. The van der Waals surface area contributed by atoms with E-state index in [1.165, 1.54) is 12.1 Å². The molecule has 0 saturated heterocycles. The van der Waals surface area contributed by atoms with Crippen LogP contribution in [0.2, 0.25) is 5.02 Å². The number of hydrogen-bond acceptors (Lipinski definition) is 2. The van der Waals surface area contributed by atoms with Gasteiger partial charge < -0.3 is 5.11 Å². The van der Waals surface area contributed by atoms with Gasteiger partial charge in [0.05, 0.1) is 11.1 Å². The molecule has 0 fully saturated rings. The first-order valence-corrected chi connectivity index (χ1v) is 5.53. The van der Waals surface area contributed by atoms with Gasteiger partial charge in [0.1, 0.15) is 6.07 Å². The summed E-state index contributed by atoms with van der Waals surface area (Å²) in [6.07, 6.45) is 0. The number of rotatable bonds is 2. The van der Waals surface area contributed by atoms with Crippen LogP contribution >= 0.6 is 11.6 Å². The van der Waals surface area contributed by atoms with Crippen molar-refractivity contribution >= 4 is 17.6 Å². The predicted octanol–water partition coefficient (Wildman–Crippen LogP) is 3.58. The maximum absolute atomic E-state index is 10.9. The standard InChI is InChI=1S/C14H8ClNO2/c15-13-4-2-1-3-11(13)9-5-6-12(14(17)18)10(7-9)8-16/h1-7H,(H,17,18). The van der Waals surface area contributed by atoms with Crippen LogP contribution in [0.15, 0.2) is 42.5 Å². The van der Waals surface area contributed by atoms with Crippen molar-refractivity contribution in [2.75, 3.05) is 0 Å². The second kappa shape index (κ2) is 4.91. The zero-order valence-electron chi connectivity index (χ0n) is 9.22. The molecule has 0 bridgehead atoms. The fraction of sp³-hybridized carbons (Fsp3) is 0. The molecular weight excluding hydrogens is 250 g/mol. The number of nitriles is 1. The molecule has 0 aliphatic rings. The molecule has 0 aliphatic heterocycles. The summed E-state index contributed by atoms with van der Waals surface area (Å²) in [7, 11) is 0. The number of aromatic carboxylic acids is 1. The summed E-state index contributed by atoms with van der Waals surface area (Å²) in [5.74, 6) is -1.11. The van der Waals surface area contributed by atoms with Crippen molar-refractivity contribution in [1.82, 2.24) is 0 Å². The van der Waals surface area contributed by atoms with Crippen molar-refractivity contribution in [2.24, 2.45) is 0 Å². The van der Waals surface area contributed by atoms with E-state index >= 15 is 0 Å². The number of hydrogen-bond donors (Lipinski definition) is 1. The Morgan fingerprint density at radius 2 is 1.94 bits per heavy atom. The molecule has 4 heteroatoms. The second-order valence-corrected chi connectivity index (χ2v) is 4.06. The highest BCUT2D eigenvalue weighted by molar-refractivity contribution is 6.33. The van der Waals surface area contributed by atoms with Crippen LogP contribution in [0, 0.1) is 11.3 Å². The molecule has 0 radical (unpaired) electrons. The molecule has 0 atom stereocenters. The Labute approximate surface area is 109 Å². The highest BCUT2D eigenvalue weighted by Gasteiger charge is 2.12. The Kier molecular flexibility index (Phi) is 3.31. The zero-order chi connectivity index (χ0) is 13.1. The highest BCUT2D eigenvalue weighted by atomic mass is 35.5. The summed E-state index contributed by atoms with van der Waals surface area (Å²) in [5.41, 5.74) is 1.61. The number of nitrogens with zero attached hydrogens (tertiary/aromatic N) is 1. The fourth-order valence-corrected chi connectivity index (χ4v) is 1.93. The number of benzene rings is 2. The first-order chi connectivity index (χ1) is 8.63. The van der Waals surface area contributed by atoms with Crippen LogP contribution in [-0.2, 0) is 0 Å². The molecule has 0 heterocycles. The zero-order valence-corrected chi connectivity index (χ0v) is 9.98. The molecule has 2 rings (SSSR count). The topological polar surface area (TPSA) is 61.1 Å². The molecule has 0 aliphatic carbocycles. The van der Waals surface area contributed by atoms with E-state index in [2.05, 4.69) is 0 Å². The van der Waals surface area contributed by atoms with Gasteiger partial charge in [0.25, 0.3) is 0 Å².